The first kappa shape index (κ1) is 18.6. The van der Waals surface area contributed by atoms with E-state index in [2.05, 4.69) is 0 Å². The van der Waals surface area contributed by atoms with Crippen LogP contribution in [0.2, 0.25) is 0 Å². The van der Waals surface area contributed by atoms with Crippen molar-refractivity contribution in [3.05, 3.63) is 66.0 Å². The lowest BCUT2D eigenvalue weighted by molar-refractivity contribution is -0.685. The molecule has 8 nitrogen and oxygen atoms in total. The third-order valence-electron chi connectivity index (χ3n) is 5.19. The highest BCUT2D eigenvalue weighted by molar-refractivity contribution is 7.84. The van der Waals surface area contributed by atoms with Crippen molar-refractivity contribution in [3.8, 4) is 0 Å². The van der Waals surface area contributed by atoms with Crippen LogP contribution in [0.4, 0.5) is 0 Å². The molecule has 0 radical (unpaired) electrons. The monoisotopic (exact) mass is 402 g/mol. The number of amides is 2. The molecule has 2 aliphatic heterocycles. The first-order valence-electron chi connectivity index (χ1n) is 8.96. The molecular weight excluding hydrogens is 382 g/mol. The minimum Gasteiger partial charge on any atom is -0.323 e. The van der Waals surface area contributed by atoms with Gasteiger partial charge in [0.05, 0.1) is 6.04 Å². The number of carbonyl (C=O) groups excluding carboxylic acids is 2. The topological polar surface area (TPSA) is 98.9 Å². The van der Waals surface area contributed by atoms with Crippen LogP contribution in [0.25, 0.3) is 0 Å². The zero-order valence-electron chi connectivity index (χ0n) is 15.0. The van der Waals surface area contributed by atoms with Crippen molar-refractivity contribution in [2.24, 2.45) is 0 Å². The van der Waals surface area contributed by atoms with Crippen molar-refractivity contribution < 1.29 is 27.1 Å². The molecule has 2 aliphatic rings. The Hall–Kier alpha value is -2.78. The van der Waals surface area contributed by atoms with Crippen molar-refractivity contribution in [1.29, 1.82) is 0 Å². The summed E-state index contributed by atoms with van der Waals surface area (Å²) in [6.07, 6.45) is 4.76. The minimum absolute atomic E-state index is 0.0605. The van der Waals surface area contributed by atoms with Gasteiger partial charge < -0.3 is 4.90 Å². The van der Waals surface area contributed by atoms with Crippen LogP contribution in [0, 0.1) is 0 Å². The average Bonchev–Trinajstić information content (AvgIpc) is 3.00. The van der Waals surface area contributed by atoms with Crippen molar-refractivity contribution in [2.75, 3.05) is 6.54 Å². The normalized spacial score (nSPS) is 21.4. The number of fused-ring (bicyclic) bond motifs is 1. The molecule has 0 unspecified atom stereocenters. The van der Waals surface area contributed by atoms with E-state index in [0.29, 0.717) is 10.7 Å². The SMILES string of the molecule is O=C(C[n+]1cccc(Cc2ccccc2)c1)N1CC[C@@H]2[C@H]1C(=O)N2S(=O)(=O)O. The Bertz CT molecular complexity index is 1020. The molecule has 2 amide bonds. The smallest absolute Gasteiger partial charge is 0.323 e. The largest absolute Gasteiger partial charge is 0.362 e. The fourth-order valence-corrected chi connectivity index (χ4v) is 4.85. The van der Waals surface area contributed by atoms with Crippen molar-refractivity contribution in [3.63, 3.8) is 0 Å². The van der Waals surface area contributed by atoms with E-state index in [1.165, 1.54) is 10.5 Å². The summed E-state index contributed by atoms with van der Waals surface area (Å²) in [6, 6.07) is 12.4. The Balaban J connectivity index is 1.44. The summed E-state index contributed by atoms with van der Waals surface area (Å²) in [5.74, 6) is -1.00. The third-order valence-corrected chi connectivity index (χ3v) is 6.14. The van der Waals surface area contributed by atoms with Crippen LogP contribution in [0.3, 0.4) is 0 Å². The highest BCUT2D eigenvalue weighted by atomic mass is 32.2. The van der Waals surface area contributed by atoms with E-state index in [9.17, 15) is 18.0 Å². The lowest BCUT2D eigenvalue weighted by atomic mass is 10.0. The van der Waals surface area contributed by atoms with Crippen molar-refractivity contribution in [2.45, 2.75) is 31.5 Å². The molecule has 4 rings (SSSR count). The van der Waals surface area contributed by atoms with Gasteiger partial charge in [-0.3, -0.25) is 14.1 Å². The number of aromatic nitrogens is 1. The summed E-state index contributed by atoms with van der Waals surface area (Å²) in [5.41, 5.74) is 2.22. The Morgan fingerprint density at radius 1 is 1.14 bits per heavy atom. The van der Waals surface area contributed by atoms with E-state index in [4.69, 9.17) is 4.55 Å². The maximum absolute atomic E-state index is 12.7. The molecule has 3 heterocycles. The molecule has 2 saturated heterocycles. The first-order chi connectivity index (χ1) is 13.3. The standard InChI is InChI=1S/C19H19N3O5S/c23-17(21-10-8-16-18(21)19(24)22(16)28(25,26)27)13-20-9-4-7-15(12-20)11-14-5-2-1-3-6-14/h1-7,9,12,16,18H,8,10-11,13H2/p+1/t16-,18+/m1/s1. The van der Waals surface area contributed by atoms with Gasteiger partial charge in [0.25, 0.3) is 11.8 Å². The van der Waals surface area contributed by atoms with E-state index in [1.807, 2.05) is 48.7 Å². The van der Waals surface area contributed by atoms with E-state index in [-0.39, 0.29) is 19.0 Å². The van der Waals surface area contributed by atoms with E-state index in [1.54, 1.807) is 10.8 Å². The summed E-state index contributed by atoms with van der Waals surface area (Å²) in [6.45, 7) is 0.348. The van der Waals surface area contributed by atoms with Crippen LogP contribution in [0.5, 0.6) is 0 Å². The Morgan fingerprint density at radius 3 is 2.57 bits per heavy atom. The van der Waals surface area contributed by atoms with Crippen LogP contribution in [-0.4, -0.2) is 52.6 Å². The lowest BCUT2D eigenvalue weighted by Gasteiger charge is -2.42. The van der Waals surface area contributed by atoms with E-state index < -0.39 is 28.3 Å². The second-order valence-corrected chi connectivity index (χ2v) is 8.34. The van der Waals surface area contributed by atoms with Crippen LogP contribution in [0.1, 0.15) is 17.5 Å². The molecule has 2 fully saturated rings. The Labute approximate surface area is 162 Å². The number of carbonyl (C=O) groups is 2. The fraction of sp³-hybridized carbons (Fsp3) is 0.316. The molecule has 146 valence electrons. The quantitative estimate of drug-likeness (QED) is 0.437. The number of hydrogen-bond donors (Lipinski definition) is 1. The molecule has 1 aromatic carbocycles. The van der Waals surface area contributed by atoms with Gasteiger partial charge in [-0.2, -0.15) is 13.0 Å². The first-order valence-corrected chi connectivity index (χ1v) is 10.4. The maximum atomic E-state index is 12.7. The van der Waals surface area contributed by atoms with Crippen molar-refractivity contribution >= 4 is 22.1 Å². The van der Waals surface area contributed by atoms with Crippen LogP contribution in [0.15, 0.2) is 54.9 Å². The molecule has 0 saturated carbocycles. The number of rotatable bonds is 5. The minimum atomic E-state index is -4.57. The molecule has 1 aromatic heterocycles. The van der Waals surface area contributed by atoms with Crippen LogP contribution in [-0.2, 0) is 32.9 Å². The van der Waals surface area contributed by atoms with Gasteiger partial charge in [-0.05, 0) is 18.1 Å². The number of β-lactam (4-membered cyclic amide) rings is 1. The van der Waals surface area contributed by atoms with E-state index >= 15 is 0 Å². The maximum Gasteiger partial charge on any atom is 0.362 e. The summed E-state index contributed by atoms with van der Waals surface area (Å²) in [7, 11) is -4.57. The van der Waals surface area contributed by atoms with Gasteiger partial charge in [-0.25, -0.2) is 4.31 Å². The van der Waals surface area contributed by atoms with Gasteiger partial charge in [0.15, 0.2) is 12.4 Å². The molecule has 2 atom stereocenters. The predicted octanol–water partition coefficient (Wildman–Crippen LogP) is 0.179. The Morgan fingerprint density at radius 2 is 1.86 bits per heavy atom. The zero-order valence-corrected chi connectivity index (χ0v) is 15.8. The number of pyridine rings is 1. The fourth-order valence-electron chi connectivity index (χ4n) is 3.95. The highest BCUT2D eigenvalue weighted by Gasteiger charge is 2.60. The molecule has 9 heteroatoms. The molecule has 2 aromatic rings. The molecule has 0 spiro atoms. The number of benzene rings is 1. The Kier molecular flexibility index (Phi) is 4.64. The number of likely N-dealkylation sites (tertiary alicyclic amines) is 1. The van der Waals surface area contributed by atoms with E-state index in [0.717, 1.165) is 12.0 Å². The number of hydrogen-bond acceptors (Lipinski definition) is 4. The summed E-state index contributed by atoms with van der Waals surface area (Å²) in [5, 5.41) is 0. The van der Waals surface area contributed by atoms with Gasteiger partial charge in [0, 0.05) is 24.6 Å². The second-order valence-electron chi connectivity index (χ2n) is 7.05. The second kappa shape index (κ2) is 6.99. The lowest BCUT2D eigenvalue weighted by Crippen LogP contribution is -2.68. The molecule has 1 N–H and O–H groups in total. The highest BCUT2D eigenvalue weighted by Crippen LogP contribution is 2.35. The molecule has 28 heavy (non-hydrogen) atoms. The summed E-state index contributed by atoms with van der Waals surface area (Å²) < 4.78 is 33.9. The molecule has 0 bridgehead atoms. The molecular formula is C19H20N3O5S+. The average molecular weight is 402 g/mol. The van der Waals surface area contributed by atoms with Gasteiger partial charge in [-0.1, -0.05) is 30.3 Å². The van der Waals surface area contributed by atoms with Gasteiger partial charge >= 0.3 is 10.3 Å². The molecule has 0 aliphatic carbocycles. The summed E-state index contributed by atoms with van der Waals surface area (Å²) >= 11 is 0. The van der Waals surface area contributed by atoms with Crippen LogP contribution < -0.4 is 4.57 Å². The van der Waals surface area contributed by atoms with Gasteiger partial charge in [0.2, 0.25) is 6.54 Å². The van der Waals surface area contributed by atoms with Crippen LogP contribution >= 0.6 is 0 Å². The number of nitrogens with zero attached hydrogens (tertiary/aromatic N) is 3. The summed E-state index contributed by atoms with van der Waals surface area (Å²) in [4.78, 5) is 26.2. The third kappa shape index (κ3) is 3.38. The van der Waals surface area contributed by atoms with Gasteiger partial charge in [0.1, 0.15) is 6.04 Å². The zero-order chi connectivity index (χ0) is 19.9. The van der Waals surface area contributed by atoms with Gasteiger partial charge in [-0.15, -0.1) is 0 Å². The van der Waals surface area contributed by atoms with Crippen molar-refractivity contribution in [1.82, 2.24) is 9.21 Å². The predicted molar refractivity (Wildman–Crippen MR) is 98.2 cm³/mol.